The lowest BCUT2D eigenvalue weighted by Gasteiger charge is -2.20. The first-order chi connectivity index (χ1) is 11.2. The molecule has 3 unspecified atom stereocenters. The van der Waals surface area contributed by atoms with Crippen LogP contribution in [0.3, 0.4) is 0 Å². The van der Waals surface area contributed by atoms with Crippen molar-refractivity contribution in [3.8, 4) is 0 Å². The Balaban J connectivity index is 1.39. The number of nitrogens with zero attached hydrogens (tertiary/aromatic N) is 1. The summed E-state index contributed by atoms with van der Waals surface area (Å²) in [7, 11) is 0. The van der Waals surface area contributed by atoms with E-state index in [1.807, 2.05) is 31.3 Å². The van der Waals surface area contributed by atoms with E-state index in [1.165, 1.54) is 12.8 Å². The highest BCUT2D eigenvalue weighted by Gasteiger charge is 2.39. The number of pyridine rings is 1. The maximum atomic E-state index is 12.4. The van der Waals surface area contributed by atoms with Crippen LogP contribution in [0.15, 0.2) is 39.6 Å². The first-order valence-corrected chi connectivity index (χ1v) is 9.58. The van der Waals surface area contributed by atoms with Crippen molar-refractivity contribution in [2.45, 2.75) is 53.4 Å². The van der Waals surface area contributed by atoms with Crippen LogP contribution in [-0.2, 0) is 0 Å². The summed E-state index contributed by atoms with van der Waals surface area (Å²) < 4.78 is 1.12. The molecule has 3 atom stereocenters. The fourth-order valence-corrected chi connectivity index (χ4v) is 5.33. The maximum absolute atomic E-state index is 12.4. The summed E-state index contributed by atoms with van der Waals surface area (Å²) in [5.41, 5.74) is 1.01. The summed E-state index contributed by atoms with van der Waals surface area (Å²) in [6.45, 7) is 1.98. The van der Waals surface area contributed by atoms with Crippen LogP contribution in [0.5, 0.6) is 0 Å². The van der Waals surface area contributed by atoms with Crippen LogP contribution in [-0.4, -0.2) is 29.0 Å². The van der Waals surface area contributed by atoms with Gasteiger partial charge in [-0.3, -0.25) is 9.78 Å². The summed E-state index contributed by atoms with van der Waals surface area (Å²) in [6, 6.07) is 9.37. The normalized spacial score (nSPS) is 25.7. The second-order valence-corrected chi connectivity index (χ2v) is 8.68. The molecule has 4 heterocycles. The molecule has 2 N–H and O–H groups in total. The topological polar surface area (TPSA) is 54.0 Å². The third-order valence-corrected chi connectivity index (χ3v) is 6.72. The van der Waals surface area contributed by atoms with E-state index in [0.717, 1.165) is 26.1 Å². The second kappa shape index (κ2) is 6.26. The average molecular weight is 345 g/mol. The van der Waals surface area contributed by atoms with E-state index in [0.29, 0.717) is 18.1 Å². The van der Waals surface area contributed by atoms with Crippen molar-refractivity contribution in [3.05, 3.63) is 41.0 Å². The van der Waals surface area contributed by atoms with E-state index in [2.05, 4.69) is 21.7 Å². The quantitative estimate of drug-likeness (QED) is 0.893. The molecule has 1 amide bonds. The molecule has 23 heavy (non-hydrogen) atoms. The van der Waals surface area contributed by atoms with Gasteiger partial charge >= 0.3 is 0 Å². The zero-order chi connectivity index (χ0) is 15.8. The number of fused-ring (bicyclic) bond motifs is 2. The number of thiophene rings is 1. The number of aromatic nitrogens is 1. The van der Waals surface area contributed by atoms with Gasteiger partial charge < -0.3 is 10.6 Å². The Morgan fingerprint density at radius 3 is 2.96 bits per heavy atom. The molecule has 2 fully saturated rings. The molecule has 0 spiro atoms. The van der Waals surface area contributed by atoms with E-state index in [4.69, 9.17) is 0 Å². The van der Waals surface area contributed by atoms with Crippen LogP contribution in [0.2, 0.25) is 0 Å². The number of aryl methyl sites for hydroxylation is 1. The van der Waals surface area contributed by atoms with Crippen molar-refractivity contribution in [2.24, 2.45) is 0 Å². The molecule has 2 saturated heterocycles. The fraction of sp³-hybridized carbons (Fsp3) is 0.412. The lowest BCUT2D eigenvalue weighted by Crippen LogP contribution is -2.42. The van der Waals surface area contributed by atoms with E-state index >= 15 is 0 Å². The first kappa shape index (κ1) is 15.2. The lowest BCUT2D eigenvalue weighted by molar-refractivity contribution is 0.0935. The van der Waals surface area contributed by atoms with Crippen molar-refractivity contribution in [2.75, 3.05) is 0 Å². The Labute approximate surface area is 144 Å². The predicted octanol–water partition coefficient (Wildman–Crippen LogP) is 3.23. The molecule has 2 aromatic rings. The number of rotatable bonds is 4. The SMILES string of the molecule is Cc1ccc(Sc2ccc(C(=O)NC3CC4CCC3N4)s2)cn1. The van der Waals surface area contributed by atoms with Gasteiger partial charge in [0.1, 0.15) is 0 Å². The molecular weight excluding hydrogens is 326 g/mol. The Hall–Kier alpha value is -1.37. The van der Waals surface area contributed by atoms with Crippen molar-refractivity contribution in [3.63, 3.8) is 0 Å². The number of nitrogens with one attached hydrogen (secondary N) is 2. The van der Waals surface area contributed by atoms with E-state index in [9.17, 15) is 4.79 Å². The summed E-state index contributed by atoms with van der Waals surface area (Å²) >= 11 is 3.20. The monoisotopic (exact) mass is 345 g/mol. The van der Waals surface area contributed by atoms with E-state index in [-0.39, 0.29) is 5.91 Å². The molecule has 0 saturated carbocycles. The van der Waals surface area contributed by atoms with Gasteiger partial charge in [0.15, 0.2) is 0 Å². The number of carbonyl (C=O) groups excluding carboxylic acids is 1. The van der Waals surface area contributed by atoms with Gasteiger partial charge in [-0.2, -0.15) is 0 Å². The molecule has 0 radical (unpaired) electrons. The Bertz CT molecular complexity index is 713. The van der Waals surface area contributed by atoms with Crippen LogP contribution in [0.4, 0.5) is 0 Å². The van der Waals surface area contributed by atoms with Crippen LogP contribution in [0.1, 0.15) is 34.6 Å². The van der Waals surface area contributed by atoms with E-state index < -0.39 is 0 Å². The number of hydrogen-bond acceptors (Lipinski definition) is 5. The Morgan fingerprint density at radius 2 is 2.26 bits per heavy atom. The molecule has 120 valence electrons. The minimum atomic E-state index is 0.0585. The van der Waals surface area contributed by atoms with Crippen molar-refractivity contribution in [1.82, 2.24) is 15.6 Å². The number of hydrogen-bond donors (Lipinski definition) is 2. The predicted molar refractivity (Wildman–Crippen MR) is 93.2 cm³/mol. The highest BCUT2D eigenvalue weighted by atomic mass is 32.2. The minimum absolute atomic E-state index is 0.0585. The summed E-state index contributed by atoms with van der Waals surface area (Å²) in [5.74, 6) is 0.0585. The zero-order valence-electron chi connectivity index (χ0n) is 12.9. The maximum Gasteiger partial charge on any atom is 0.261 e. The number of amides is 1. The molecular formula is C17H19N3OS2. The summed E-state index contributed by atoms with van der Waals surface area (Å²) in [4.78, 5) is 18.6. The third-order valence-electron chi connectivity index (χ3n) is 4.52. The van der Waals surface area contributed by atoms with Gasteiger partial charge in [-0.15, -0.1) is 11.3 Å². The van der Waals surface area contributed by atoms with Gasteiger partial charge in [0.25, 0.3) is 5.91 Å². The van der Waals surface area contributed by atoms with Crippen molar-refractivity contribution in [1.29, 1.82) is 0 Å². The Kier molecular flexibility index (Phi) is 4.13. The molecule has 4 rings (SSSR count). The van der Waals surface area contributed by atoms with Crippen LogP contribution < -0.4 is 10.6 Å². The smallest absolute Gasteiger partial charge is 0.261 e. The fourth-order valence-electron chi connectivity index (χ4n) is 3.35. The Morgan fingerprint density at radius 1 is 1.35 bits per heavy atom. The van der Waals surface area contributed by atoms with Gasteiger partial charge in [-0.05, 0) is 50.5 Å². The molecule has 0 aromatic carbocycles. The van der Waals surface area contributed by atoms with Crippen LogP contribution in [0.25, 0.3) is 0 Å². The molecule has 2 bridgehead atoms. The molecule has 6 heteroatoms. The molecule has 0 aliphatic carbocycles. The zero-order valence-corrected chi connectivity index (χ0v) is 14.5. The lowest BCUT2D eigenvalue weighted by atomic mass is 9.95. The van der Waals surface area contributed by atoms with Gasteiger partial charge in [0.05, 0.1) is 9.09 Å². The van der Waals surface area contributed by atoms with Crippen LogP contribution in [0, 0.1) is 6.92 Å². The molecule has 2 aliphatic rings. The number of carbonyl (C=O) groups is 1. The summed E-state index contributed by atoms with van der Waals surface area (Å²) in [6.07, 6.45) is 5.38. The highest BCUT2D eigenvalue weighted by Crippen LogP contribution is 2.33. The van der Waals surface area contributed by atoms with E-state index in [1.54, 1.807) is 23.1 Å². The average Bonchev–Trinajstić information content (AvgIpc) is 3.26. The van der Waals surface area contributed by atoms with Crippen molar-refractivity contribution < 1.29 is 4.79 Å². The second-order valence-electron chi connectivity index (χ2n) is 6.22. The minimum Gasteiger partial charge on any atom is -0.347 e. The van der Waals surface area contributed by atoms with Gasteiger partial charge in [-0.25, -0.2) is 0 Å². The first-order valence-electron chi connectivity index (χ1n) is 7.94. The van der Waals surface area contributed by atoms with Gasteiger partial charge in [-0.1, -0.05) is 11.8 Å². The van der Waals surface area contributed by atoms with Gasteiger partial charge in [0.2, 0.25) is 0 Å². The van der Waals surface area contributed by atoms with Crippen LogP contribution >= 0.6 is 23.1 Å². The third kappa shape index (κ3) is 3.29. The largest absolute Gasteiger partial charge is 0.347 e. The standard InChI is InChI=1S/C17H19N3OS2/c1-10-2-4-12(9-18-10)22-16-7-6-15(23-16)17(21)20-14-8-11-3-5-13(14)19-11/h2,4,6-7,9,11,13-14,19H,3,5,8H2,1H3,(H,20,21). The van der Waals surface area contributed by atoms with Crippen molar-refractivity contribution >= 4 is 29.0 Å². The molecule has 4 nitrogen and oxygen atoms in total. The highest BCUT2D eigenvalue weighted by molar-refractivity contribution is 8.01. The summed E-state index contributed by atoms with van der Waals surface area (Å²) in [5, 5.41) is 6.75. The molecule has 2 aliphatic heterocycles. The van der Waals surface area contributed by atoms with Gasteiger partial charge in [0, 0.05) is 34.9 Å². The molecule has 2 aromatic heterocycles.